The van der Waals surface area contributed by atoms with Crippen LogP contribution in [-0.4, -0.2) is 68.2 Å². The average Bonchev–Trinajstić information content (AvgIpc) is 3.44. The molecule has 2 heterocycles. The van der Waals surface area contributed by atoms with E-state index in [9.17, 15) is 14.2 Å². The Morgan fingerprint density at radius 1 is 0.851 bits per heavy atom. The number of anilines is 1. The first-order valence-corrected chi connectivity index (χ1v) is 17.3. The van der Waals surface area contributed by atoms with Crippen LogP contribution >= 0.6 is 7.44 Å². The van der Waals surface area contributed by atoms with Gasteiger partial charge < -0.3 is 24.5 Å². The fourth-order valence-corrected chi connectivity index (χ4v) is 7.49. The number of rotatable bonds is 17. The zero-order chi connectivity index (χ0) is 34.1. The number of nitrogen functional groups attached to an aromatic ring is 1. The first kappa shape index (κ1) is 35.7. The number of benzene rings is 2. The van der Waals surface area contributed by atoms with E-state index in [2.05, 4.69) is 25.1 Å². The maximum absolute atomic E-state index is 14.6. The van der Waals surface area contributed by atoms with E-state index in [0.29, 0.717) is 30.6 Å². The monoisotopic (exact) mass is 665 g/mol. The van der Waals surface area contributed by atoms with E-state index in [4.69, 9.17) is 19.9 Å². The molecule has 2 aromatic carbocycles. The fraction of sp³-hybridized carbons (Fsp3) is 0.424. The number of imidazole rings is 1. The van der Waals surface area contributed by atoms with Gasteiger partial charge in [-0.2, -0.15) is 0 Å². The molecular formula is C33H44N7O6P. The Morgan fingerprint density at radius 3 is 1.87 bits per heavy atom. The number of ether oxygens (including phenoxy) is 3. The number of aromatic nitrogens is 4. The smallest absolute Gasteiger partial charge is 0.326 e. The molecule has 4 rings (SSSR count). The molecule has 0 bridgehead atoms. The second kappa shape index (κ2) is 15.6. The van der Waals surface area contributed by atoms with Gasteiger partial charge in [0.2, 0.25) is 7.44 Å². The lowest BCUT2D eigenvalue weighted by Gasteiger charge is -2.35. The van der Waals surface area contributed by atoms with Crippen molar-refractivity contribution in [2.75, 3.05) is 25.3 Å². The van der Waals surface area contributed by atoms with Gasteiger partial charge in [-0.25, -0.2) is 25.1 Å². The number of nitrogens with two attached hydrogens (primary N) is 1. The minimum atomic E-state index is -3.84. The van der Waals surface area contributed by atoms with Crippen LogP contribution in [0.2, 0.25) is 0 Å². The van der Waals surface area contributed by atoms with Gasteiger partial charge in [0.05, 0.1) is 32.2 Å². The summed E-state index contributed by atoms with van der Waals surface area (Å²) in [5.74, 6) is -0.946. The van der Waals surface area contributed by atoms with Crippen molar-refractivity contribution in [3.05, 3.63) is 84.4 Å². The van der Waals surface area contributed by atoms with Gasteiger partial charge >= 0.3 is 11.9 Å². The number of hydrogen-bond acceptors (Lipinski definition) is 10. The molecule has 1 atom stereocenters. The zero-order valence-corrected chi connectivity index (χ0v) is 28.4. The topological polar surface area (TPSA) is 173 Å². The van der Waals surface area contributed by atoms with Gasteiger partial charge in [0.25, 0.3) is 0 Å². The third-order valence-corrected chi connectivity index (χ3v) is 9.65. The normalized spacial score (nSPS) is 13.0. The van der Waals surface area contributed by atoms with Crippen LogP contribution < -0.4 is 15.9 Å². The maximum atomic E-state index is 14.6. The number of carbonyl (C=O) groups excluding carboxylic acids is 2. The van der Waals surface area contributed by atoms with Crippen LogP contribution in [0.25, 0.3) is 11.2 Å². The summed E-state index contributed by atoms with van der Waals surface area (Å²) in [5, 5.41) is 5.89. The van der Waals surface area contributed by atoms with Gasteiger partial charge in [0.15, 0.2) is 11.5 Å². The van der Waals surface area contributed by atoms with Crippen LogP contribution in [0.4, 0.5) is 5.82 Å². The Bertz CT molecular complexity index is 1610. The molecular weight excluding hydrogens is 621 g/mol. The molecule has 0 aliphatic carbocycles. The summed E-state index contributed by atoms with van der Waals surface area (Å²) in [4.78, 5) is 38.9. The van der Waals surface area contributed by atoms with Crippen LogP contribution in [0, 0.1) is 0 Å². The number of carbonyl (C=O) groups is 2. The number of nitrogens with one attached hydrogen (secondary N) is 2. The summed E-state index contributed by atoms with van der Waals surface area (Å²) >= 11 is 0. The molecule has 4 aromatic rings. The second-order valence-corrected chi connectivity index (χ2v) is 14.6. The van der Waals surface area contributed by atoms with Crippen LogP contribution in [0.1, 0.15) is 45.7 Å². The molecule has 4 N–H and O–H groups in total. The molecule has 0 radical (unpaired) electrons. The Kier molecular flexibility index (Phi) is 11.9. The highest BCUT2D eigenvalue weighted by molar-refractivity contribution is 7.59. The van der Waals surface area contributed by atoms with Gasteiger partial charge in [0, 0.05) is 12.8 Å². The van der Waals surface area contributed by atoms with Crippen molar-refractivity contribution in [3.8, 4) is 0 Å². The third-order valence-electron chi connectivity index (χ3n) is 7.30. The van der Waals surface area contributed by atoms with Crippen LogP contribution in [0.3, 0.4) is 0 Å². The highest BCUT2D eigenvalue weighted by Gasteiger charge is 2.43. The Hall–Kier alpha value is -4.16. The lowest BCUT2D eigenvalue weighted by molar-refractivity contribution is -0.149. The van der Waals surface area contributed by atoms with Gasteiger partial charge in [-0.05, 0) is 45.7 Å². The summed E-state index contributed by atoms with van der Waals surface area (Å²) in [6.07, 6.45) is 3.14. The number of fused-ring (bicyclic) bond motifs is 1. The largest absolute Gasteiger partial charge is 0.464 e. The summed E-state index contributed by atoms with van der Waals surface area (Å²) in [7, 11) is -3.84. The first-order chi connectivity index (χ1) is 22.3. The highest BCUT2D eigenvalue weighted by atomic mass is 31.2. The van der Waals surface area contributed by atoms with Gasteiger partial charge in [-0.3, -0.25) is 14.2 Å². The quantitative estimate of drug-likeness (QED) is 0.108. The molecule has 0 fully saturated rings. The zero-order valence-electron chi connectivity index (χ0n) is 27.5. The van der Waals surface area contributed by atoms with E-state index in [-0.39, 0.29) is 25.4 Å². The van der Waals surface area contributed by atoms with E-state index >= 15 is 0 Å². The second-order valence-electron chi connectivity index (χ2n) is 12.4. The van der Waals surface area contributed by atoms with Crippen molar-refractivity contribution in [2.24, 2.45) is 0 Å². The molecule has 2 aromatic heterocycles. The lowest BCUT2D eigenvalue weighted by atomic mass is 10.1. The number of hydrogen-bond donors (Lipinski definition) is 3. The molecule has 0 saturated heterocycles. The van der Waals surface area contributed by atoms with E-state index < -0.39 is 36.6 Å². The average molecular weight is 666 g/mol. The Morgan fingerprint density at radius 2 is 1.36 bits per heavy atom. The standard InChI is InChI=1S/C33H44N7O6P/c1-24(20-40-22-37-27-28(34)35-21-36-29(27)40)46-23-47(43,38-32(2,3)30(41)44-18-16-25-12-8-6-9-13-25)39-33(4,5)31(42)45-19-17-26-14-10-7-11-15-26/h6-15,21-22,24H,16-20,23H2,1-5H3,(H2,34,35,36)(H2,38,39,43)/t24-/m1/s1. The first-order valence-electron chi connectivity index (χ1n) is 15.4. The van der Waals surface area contributed by atoms with E-state index in [1.807, 2.05) is 60.7 Å². The third kappa shape index (κ3) is 10.2. The van der Waals surface area contributed by atoms with Crippen molar-refractivity contribution in [1.82, 2.24) is 29.7 Å². The molecule has 0 amide bonds. The maximum Gasteiger partial charge on any atom is 0.326 e. The minimum absolute atomic E-state index is 0.144. The summed E-state index contributed by atoms with van der Waals surface area (Å²) in [5.41, 5.74) is 6.14. The molecule has 0 saturated carbocycles. The van der Waals surface area contributed by atoms with E-state index in [0.717, 1.165) is 11.1 Å². The summed E-state index contributed by atoms with van der Waals surface area (Å²) < 4.78 is 33.5. The number of nitrogens with zero attached hydrogens (tertiary/aromatic N) is 4. The molecule has 252 valence electrons. The van der Waals surface area contributed by atoms with E-state index in [1.54, 1.807) is 45.5 Å². The minimum Gasteiger partial charge on any atom is -0.464 e. The molecule has 0 unspecified atom stereocenters. The van der Waals surface area contributed by atoms with Gasteiger partial charge in [-0.1, -0.05) is 60.7 Å². The Balaban J connectivity index is 1.44. The van der Waals surface area contributed by atoms with Gasteiger partial charge in [0.1, 0.15) is 29.3 Å². The summed E-state index contributed by atoms with van der Waals surface area (Å²) in [6, 6.07) is 19.3. The molecule has 47 heavy (non-hydrogen) atoms. The highest BCUT2D eigenvalue weighted by Crippen LogP contribution is 2.42. The lowest BCUT2D eigenvalue weighted by Crippen LogP contribution is -2.54. The van der Waals surface area contributed by atoms with Crippen LogP contribution in [-0.2, 0) is 47.8 Å². The summed E-state index contributed by atoms with van der Waals surface area (Å²) in [6.45, 7) is 8.68. The van der Waals surface area contributed by atoms with Crippen molar-refractivity contribution < 1.29 is 28.4 Å². The van der Waals surface area contributed by atoms with Crippen molar-refractivity contribution in [3.63, 3.8) is 0 Å². The predicted octanol–water partition coefficient (Wildman–Crippen LogP) is 4.27. The molecule has 0 spiro atoms. The molecule has 0 aliphatic rings. The molecule has 14 heteroatoms. The van der Waals surface area contributed by atoms with Gasteiger partial charge in [-0.15, -0.1) is 0 Å². The Labute approximate surface area is 275 Å². The fourth-order valence-electron chi connectivity index (χ4n) is 4.85. The predicted molar refractivity (Wildman–Crippen MR) is 179 cm³/mol. The SMILES string of the molecule is C[C@H](Cn1cnc2c(N)ncnc21)OCP(=O)(NC(C)(C)C(=O)OCCc1ccccc1)NC(C)(C)C(=O)OCCc1ccccc1. The number of esters is 2. The van der Waals surface area contributed by atoms with Crippen molar-refractivity contribution >= 4 is 36.4 Å². The molecule has 0 aliphatic heterocycles. The van der Waals surface area contributed by atoms with Crippen molar-refractivity contribution in [2.45, 2.75) is 71.2 Å². The van der Waals surface area contributed by atoms with Crippen LogP contribution in [0.5, 0.6) is 0 Å². The molecule has 13 nitrogen and oxygen atoms in total. The van der Waals surface area contributed by atoms with Crippen molar-refractivity contribution in [1.29, 1.82) is 0 Å². The van der Waals surface area contributed by atoms with Crippen LogP contribution in [0.15, 0.2) is 73.3 Å². The van der Waals surface area contributed by atoms with E-state index in [1.165, 1.54) is 6.33 Å².